The van der Waals surface area contributed by atoms with E-state index in [0.29, 0.717) is 17.8 Å². The summed E-state index contributed by atoms with van der Waals surface area (Å²) in [5.41, 5.74) is 3.63. The highest BCUT2D eigenvalue weighted by Gasteiger charge is 2.14. The highest BCUT2D eigenvalue weighted by molar-refractivity contribution is 6.04. The zero-order valence-electron chi connectivity index (χ0n) is 16.3. The SMILES string of the molecule is COc1ccc(NC(=O)c2cccc(Cn3nc(C)cc3C)c2)cc1OC(F)F. The summed E-state index contributed by atoms with van der Waals surface area (Å²) in [6.07, 6.45) is 0. The number of hydrogen-bond donors (Lipinski definition) is 1. The van der Waals surface area contributed by atoms with Crippen LogP contribution in [0, 0.1) is 13.8 Å². The maximum atomic E-state index is 12.6. The summed E-state index contributed by atoms with van der Waals surface area (Å²) in [4.78, 5) is 12.6. The van der Waals surface area contributed by atoms with Gasteiger partial charge in [-0.25, -0.2) is 0 Å². The molecule has 0 spiro atoms. The van der Waals surface area contributed by atoms with E-state index in [1.165, 1.54) is 19.2 Å². The number of rotatable bonds is 7. The van der Waals surface area contributed by atoms with E-state index in [1.807, 2.05) is 30.7 Å². The van der Waals surface area contributed by atoms with Crippen molar-refractivity contribution in [1.29, 1.82) is 0 Å². The fourth-order valence-electron chi connectivity index (χ4n) is 2.96. The average Bonchev–Trinajstić information content (AvgIpc) is 2.98. The van der Waals surface area contributed by atoms with Crippen LogP contribution in [0.3, 0.4) is 0 Å². The first-order valence-electron chi connectivity index (χ1n) is 8.90. The molecular weight excluding hydrogens is 380 g/mol. The fourth-order valence-corrected chi connectivity index (χ4v) is 2.96. The van der Waals surface area contributed by atoms with Crippen LogP contribution in [0.5, 0.6) is 11.5 Å². The lowest BCUT2D eigenvalue weighted by molar-refractivity contribution is -0.0511. The molecule has 0 fully saturated rings. The lowest BCUT2D eigenvalue weighted by Crippen LogP contribution is -2.13. The van der Waals surface area contributed by atoms with E-state index in [4.69, 9.17) is 4.74 Å². The number of ether oxygens (including phenoxy) is 2. The van der Waals surface area contributed by atoms with Crippen LogP contribution in [0.25, 0.3) is 0 Å². The molecule has 8 heteroatoms. The van der Waals surface area contributed by atoms with Crippen molar-refractivity contribution in [1.82, 2.24) is 9.78 Å². The van der Waals surface area contributed by atoms with Gasteiger partial charge in [-0.1, -0.05) is 12.1 Å². The summed E-state index contributed by atoms with van der Waals surface area (Å²) in [5, 5.41) is 7.11. The first-order chi connectivity index (χ1) is 13.9. The molecule has 1 amide bonds. The van der Waals surface area contributed by atoms with Gasteiger partial charge in [0.05, 0.1) is 19.3 Å². The van der Waals surface area contributed by atoms with Gasteiger partial charge in [0.2, 0.25) is 0 Å². The number of nitrogens with zero attached hydrogens (tertiary/aromatic N) is 2. The van der Waals surface area contributed by atoms with Gasteiger partial charge in [0, 0.05) is 23.0 Å². The summed E-state index contributed by atoms with van der Waals surface area (Å²) >= 11 is 0. The third-order valence-corrected chi connectivity index (χ3v) is 4.26. The number of carbonyl (C=O) groups excluding carboxylic acids is 1. The minimum absolute atomic E-state index is 0.148. The average molecular weight is 401 g/mol. The number of hydrogen-bond acceptors (Lipinski definition) is 4. The minimum Gasteiger partial charge on any atom is -0.493 e. The highest BCUT2D eigenvalue weighted by atomic mass is 19.3. The van der Waals surface area contributed by atoms with E-state index in [9.17, 15) is 13.6 Å². The van der Waals surface area contributed by atoms with Gasteiger partial charge in [0.1, 0.15) is 0 Å². The van der Waals surface area contributed by atoms with Crippen LogP contribution in [0.15, 0.2) is 48.5 Å². The normalized spacial score (nSPS) is 10.8. The first-order valence-corrected chi connectivity index (χ1v) is 8.90. The second kappa shape index (κ2) is 8.72. The van der Waals surface area contributed by atoms with E-state index < -0.39 is 6.61 Å². The van der Waals surface area contributed by atoms with Crippen LogP contribution in [0.1, 0.15) is 27.3 Å². The van der Waals surface area contributed by atoms with Crippen molar-refractivity contribution < 1.29 is 23.0 Å². The zero-order valence-corrected chi connectivity index (χ0v) is 16.3. The Balaban J connectivity index is 1.76. The second-order valence-corrected chi connectivity index (χ2v) is 6.48. The molecule has 0 aliphatic heterocycles. The van der Waals surface area contributed by atoms with E-state index >= 15 is 0 Å². The summed E-state index contributed by atoms with van der Waals surface area (Å²) in [7, 11) is 1.35. The smallest absolute Gasteiger partial charge is 0.387 e. The van der Waals surface area contributed by atoms with Crippen molar-refractivity contribution in [2.24, 2.45) is 0 Å². The van der Waals surface area contributed by atoms with Gasteiger partial charge < -0.3 is 14.8 Å². The number of aryl methyl sites for hydroxylation is 2. The topological polar surface area (TPSA) is 65.4 Å². The van der Waals surface area contributed by atoms with Gasteiger partial charge in [0.25, 0.3) is 5.91 Å². The molecule has 2 aromatic carbocycles. The predicted molar refractivity (Wildman–Crippen MR) is 105 cm³/mol. The molecule has 0 aliphatic rings. The predicted octanol–water partition coefficient (Wildman–Crippen LogP) is 4.41. The molecular formula is C21H21F2N3O3. The Morgan fingerprint density at radius 2 is 1.93 bits per heavy atom. The van der Waals surface area contributed by atoms with Gasteiger partial charge in [0.15, 0.2) is 11.5 Å². The molecule has 1 N–H and O–H groups in total. The third kappa shape index (κ3) is 5.10. The van der Waals surface area contributed by atoms with Crippen molar-refractivity contribution >= 4 is 11.6 Å². The number of benzene rings is 2. The number of methoxy groups -OCH3 is 1. The van der Waals surface area contributed by atoms with Crippen molar-refractivity contribution in [2.45, 2.75) is 27.0 Å². The molecule has 3 rings (SSSR count). The molecule has 3 aromatic rings. The van der Waals surface area contributed by atoms with Crippen LogP contribution in [0.4, 0.5) is 14.5 Å². The molecule has 1 heterocycles. The molecule has 0 saturated carbocycles. The van der Waals surface area contributed by atoms with E-state index in [-0.39, 0.29) is 17.4 Å². The summed E-state index contributed by atoms with van der Waals surface area (Å²) in [5.74, 6) is -0.373. The molecule has 1 aromatic heterocycles. The number of alkyl halides is 2. The quantitative estimate of drug-likeness (QED) is 0.637. The van der Waals surface area contributed by atoms with Crippen LogP contribution < -0.4 is 14.8 Å². The molecule has 6 nitrogen and oxygen atoms in total. The first kappa shape index (κ1) is 20.3. The van der Waals surface area contributed by atoms with E-state index in [1.54, 1.807) is 24.3 Å². The molecule has 29 heavy (non-hydrogen) atoms. The van der Waals surface area contributed by atoms with Gasteiger partial charge in [-0.05, 0) is 49.7 Å². The molecule has 0 radical (unpaired) electrons. The number of anilines is 1. The Morgan fingerprint density at radius 1 is 1.14 bits per heavy atom. The van der Waals surface area contributed by atoms with Crippen LogP contribution >= 0.6 is 0 Å². The number of amides is 1. The van der Waals surface area contributed by atoms with Crippen molar-refractivity contribution in [3.8, 4) is 11.5 Å². The third-order valence-electron chi connectivity index (χ3n) is 4.26. The monoisotopic (exact) mass is 401 g/mol. The summed E-state index contributed by atoms with van der Waals surface area (Å²) in [6.45, 7) is 1.43. The van der Waals surface area contributed by atoms with Crippen LogP contribution in [0.2, 0.25) is 0 Å². The molecule has 0 bridgehead atoms. The Bertz CT molecular complexity index is 1020. The van der Waals surface area contributed by atoms with Gasteiger partial charge in [-0.3, -0.25) is 9.48 Å². The fraction of sp³-hybridized carbons (Fsp3) is 0.238. The Hall–Kier alpha value is -3.42. The molecule has 0 aliphatic carbocycles. The number of nitrogens with one attached hydrogen (secondary N) is 1. The standard InChI is InChI=1S/C21H21F2N3O3/c1-13-9-14(2)26(25-13)12-15-5-4-6-16(10-15)20(27)24-17-7-8-18(28-3)19(11-17)29-21(22)23/h4-11,21H,12H2,1-3H3,(H,24,27). The second-order valence-electron chi connectivity index (χ2n) is 6.48. The maximum absolute atomic E-state index is 12.6. The summed E-state index contributed by atoms with van der Waals surface area (Å²) < 4.78 is 36.5. The Labute approximate surface area is 167 Å². The minimum atomic E-state index is -3.00. The lowest BCUT2D eigenvalue weighted by Gasteiger charge is -2.12. The Morgan fingerprint density at radius 3 is 2.59 bits per heavy atom. The van der Waals surface area contributed by atoms with Crippen LogP contribution in [-0.4, -0.2) is 29.4 Å². The highest BCUT2D eigenvalue weighted by Crippen LogP contribution is 2.31. The number of halogens is 2. The molecule has 0 atom stereocenters. The van der Waals surface area contributed by atoms with Gasteiger partial charge >= 0.3 is 6.61 Å². The molecule has 0 saturated heterocycles. The molecule has 0 unspecified atom stereocenters. The number of carbonyl (C=O) groups is 1. The molecule has 152 valence electrons. The Kier molecular flexibility index (Phi) is 6.11. The van der Waals surface area contributed by atoms with E-state index in [2.05, 4.69) is 15.2 Å². The zero-order chi connectivity index (χ0) is 21.0. The summed E-state index contributed by atoms with van der Waals surface area (Å²) in [6, 6.07) is 13.4. The van der Waals surface area contributed by atoms with Gasteiger partial charge in [-0.2, -0.15) is 13.9 Å². The van der Waals surface area contributed by atoms with Crippen LogP contribution in [-0.2, 0) is 6.54 Å². The van der Waals surface area contributed by atoms with Crippen molar-refractivity contribution in [3.63, 3.8) is 0 Å². The largest absolute Gasteiger partial charge is 0.493 e. The number of aromatic nitrogens is 2. The lowest BCUT2D eigenvalue weighted by atomic mass is 10.1. The van der Waals surface area contributed by atoms with Crippen molar-refractivity contribution in [2.75, 3.05) is 12.4 Å². The maximum Gasteiger partial charge on any atom is 0.387 e. The van der Waals surface area contributed by atoms with E-state index in [0.717, 1.165) is 17.0 Å². The van der Waals surface area contributed by atoms with Crippen molar-refractivity contribution in [3.05, 3.63) is 71.0 Å². The van der Waals surface area contributed by atoms with Gasteiger partial charge in [-0.15, -0.1) is 0 Å².